The highest BCUT2D eigenvalue weighted by molar-refractivity contribution is 7.52. The van der Waals surface area contributed by atoms with E-state index in [-0.39, 0.29) is 43.5 Å². The largest absolute Gasteiger partial charge is 0.382 e. The summed E-state index contributed by atoms with van der Waals surface area (Å²) in [6.07, 6.45) is 0.283. The third kappa shape index (κ3) is 5.59. The molecule has 2 aromatic rings. The molecule has 0 aliphatic heterocycles. The minimum atomic E-state index is -3.93. The van der Waals surface area contributed by atoms with E-state index in [4.69, 9.17) is 24.5 Å². The lowest BCUT2D eigenvalue weighted by atomic mass is 10.3. The van der Waals surface area contributed by atoms with E-state index in [1.165, 1.54) is 20.5 Å². The van der Waals surface area contributed by atoms with Gasteiger partial charge in [0, 0.05) is 14.2 Å². The second kappa shape index (κ2) is 9.21. The maximum atomic E-state index is 11.9. The average molecular weight is 391 g/mol. The molecule has 2 heterocycles. The minimum absolute atomic E-state index is 0.0271. The van der Waals surface area contributed by atoms with Gasteiger partial charge in [0.05, 0.1) is 38.8 Å². The molecule has 0 saturated heterocycles. The molecular formula is C13H22N5O7P. The number of rotatable bonds is 11. The van der Waals surface area contributed by atoms with E-state index in [1.54, 1.807) is 4.57 Å². The molecule has 13 heteroatoms. The summed E-state index contributed by atoms with van der Waals surface area (Å²) in [4.78, 5) is 32.0. The van der Waals surface area contributed by atoms with Gasteiger partial charge in [-0.05, 0) is 0 Å². The van der Waals surface area contributed by atoms with Gasteiger partial charge in [0.1, 0.15) is 6.35 Å². The zero-order valence-corrected chi connectivity index (χ0v) is 15.3. The molecule has 0 bridgehead atoms. The third-order valence-electron chi connectivity index (χ3n) is 3.30. The minimum Gasteiger partial charge on any atom is -0.382 e. The number of anilines is 1. The van der Waals surface area contributed by atoms with Gasteiger partial charge < -0.3 is 33.9 Å². The molecule has 4 N–H and O–H groups in total. The van der Waals surface area contributed by atoms with Crippen molar-refractivity contribution in [1.82, 2.24) is 19.5 Å². The van der Waals surface area contributed by atoms with Crippen molar-refractivity contribution in [1.29, 1.82) is 0 Å². The lowest BCUT2D eigenvalue weighted by Crippen LogP contribution is -2.26. The Morgan fingerprint density at radius 3 is 2.85 bits per heavy atom. The first-order valence-electron chi connectivity index (χ1n) is 7.62. The molecule has 26 heavy (non-hydrogen) atoms. The van der Waals surface area contributed by atoms with Crippen LogP contribution in [0.1, 0.15) is 0 Å². The van der Waals surface area contributed by atoms with Crippen LogP contribution in [0.2, 0.25) is 0 Å². The second-order valence-electron chi connectivity index (χ2n) is 5.36. The van der Waals surface area contributed by atoms with Crippen LogP contribution < -0.4 is 11.3 Å². The predicted octanol–water partition coefficient (Wildman–Crippen LogP) is -0.461. The van der Waals surface area contributed by atoms with Crippen molar-refractivity contribution in [3.8, 4) is 0 Å². The predicted molar refractivity (Wildman–Crippen MR) is 91.8 cm³/mol. The molecule has 0 radical (unpaired) electrons. The summed E-state index contributed by atoms with van der Waals surface area (Å²) in [6.45, 7) is 0.476. The van der Waals surface area contributed by atoms with E-state index in [1.807, 2.05) is 0 Å². The number of aromatic nitrogens is 4. The average Bonchev–Trinajstić information content (AvgIpc) is 2.96. The van der Waals surface area contributed by atoms with E-state index in [0.717, 1.165) is 0 Å². The summed E-state index contributed by atoms with van der Waals surface area (Å²) < 4.78 is 33.6. The van der Waals surface area contributed by atoms with Crippen molar-refractivity contribution in [2.24, 2.45) is 0 Å². The van der Waals surface area contributed by atoms with E-state index >= 15 is 0 Å². The summed E-state index contributed by atoms with van der Waals surface area (Å²) in [6, 6.07) is 0. The Morgan fingerprint density at radius 2 is 2.15 bits per heavy atom. The van der Waals surface area contributed by atoms with Crippen molar-refractivity contribution in [3.05, 3.63) is 16.7 Å². The van der Waals surface area contributed by atoms with Gasteiger partial charge >= 0.3 is 7.60 Å². The number of H-pyrrole nitrogens is 1. The number of hydrogen-bond donors (Lipinski definition) is 3. The van der Waals surface area contributed by atoms with Gasteiger partial charge in [0.2, 0.25) is 5.95 Å². The number of methoxy groups -OCH3 is 2. The van der Waals surface area contributed by atoms with Crippen molar-refractivity contribution in [3.63, 3.8) is 0 Å². The van der Waals surface area contributed by atoms with Crippen molar-refractivity contribution < 1.29 is 28.2 Å². The lowest BCUT2D eigenvalue weighted by Gasteiger charge is -2.20. The van der Waals surface area contributed by atoms with Crippen LogP contribution in [0.25, 0.3) is 11.2 Å². The van der Waals surface area contributed by atoms with Gasteiger partial charge in [0.25, 0.3) is 5.56 Å². The molecule has 2 aromatic heterocycles. The summed E-state index contributed by atoms with van der Waals surface area (Å²) in [7, 11) is -1.00. The van der Waals surface area contributed by atoms with Crippen molar-refractivity contribution in [2.45, 2.75) is 12.6 Å². The Labute approximate surface area is 148 Å². The van der Waals surface area contributed by atoms with Gasteiger partial charge in [-0.15, -0.1) is 0 Å². The molecule has 146 valence electrons. The topological polar surface area (TPSA) is 164 Å². The number of hydrogen-bond acceptors (Lipinski definition) is 9. The standard InChI is InChI=1S/C13H22N5O7P/c1-22-3-4-25-26(20,21)8-24-9(6-23-2)5-18-7-15-10-11(18)16-13(14)17-12(10)19/h7,9H,3-6,8H2,1-2H3,(H,20,21)(H3,14,16,17,19)/t9-/m0/s1. The Hall–Kier alpha value is -1.82. The van der Waals surface area contributed by atoms with Gasteiger partial charge in [-0.25, -0.2) is 4.98 Å². The van der Waals surface area contributed by atoms with E-state index < -0.39 is 25.6 Å². The Balaban J connectivity index is 2.06. The number of fused-ring (bicyclic) bond motifs is 1. The molecule has 0 amide bonds. The second-order valence-corrected chi connectivity index (χ2v) is 7.15. The number of nitrogen functional groups attached to an aromatic ring is 1. The molecule has 1 unspecified atom stereocenters. The highest BCUT2D eigenvalue weighted by Gasteiger charge is 2.23. The molecule has 12 nitrogen and oxygen atoms in total. The maximum absolute atomic E-state index is 11.9. The van der Waals surface area contributed by atoms with Gasteiger partial charge in [-0.1, -0.05) is 0 Å². The number of imidazole rings is 1. The van der Waals surface area contributed by atoms with Crippen LogP contribution in [0.5, 0.6) is 0 Å². The van der Waals surface area contributed by atoms with Crippen LogP contribution in [0, 0.1) is 0 Å². The van der Waals surface area contributed by atoms with E-state index in [9.17, 15) is 14.3 Å². The molecule has 0 aromatic carbocycles. The first kappa shape index (κ1) is 20.5. The highest BCUT2D eigenvalue weighted by atomic mass is 31.2. The van der Waals surface area contributed by atoms with Crippen LogP contribution in [0.3, 0.4) is 0 Å². The summed E-state index contributed by atoms with van der Waals surface area (Å²) >= 11 is 0. The zero-order chi connectivity index (χ0) is 19.2. The van der Waals surface area contributed by atoms with Gasteiger partial charge in [-0.2, -0.15) is 4.98 Å². The Kier molecular flexibility index (Phi) is 7.26. The molecule has 2 atom stereocenters. The number of nitrogens with zero attached hydrogens (tertiary/aromatic N) is 3. The van der Waals surface area contributed by atoms with Crippen molar-refractivity contribution in [2.75, 3.05) is 46.1 Å². The number of nitrogens with two attached hydrogens (primary N) is 1. The van der Waals surface area contributed by atoms with Crippen LogP contribution >= 0.6 is 7.60 Å². The smallest absolute Gasteiger partial charge is 0.353 e. The molecule has 0 fully saturated rings. The Morgan fingerprint density at radius 1 is 1.38 bits per heavy atom. The molecule has 0 aliphatic rings. The van der Waals surface area contributed by atoms with Crippen LogP contribution in [-0.2, 0) is 29.8 Å². The Bertz CT molecular complexity index is 823. The number of nitrogens with one attached hydrogen (secondary N) is 1. The molecule has 0 saturated carbocycles. The van der Waals surface area contributed by atoms with E-state index in [2.05, 4.69) is 15.0 Å². The highest BCUT2D eigenvalue weighted by Crippen LogP contribution is 2.41. The fourth-order valence-electron chi connectivity index (χ4n) is 2.16. The fraction of sp³-hybridized carbons (Fsp3) is 0.615. The summed E-state index contributed by atoms with van der Waals surface area (Å²) in [5, 5.41) is 0. The quantitative estimate of drug-likeness (QED) is 0.337. The zero-order valence-electron chi connectivity index (χ0n) is 14.5. The fourth-order valence-corrected chi connectivity index (χ4v) is 3.00. The number of aromatic amines is 1. The first-order valence-corrected chi connectivity index (χ1v) is 9.39. The van der Waals surface area contributed by atoms with Gasteiger partial charge in [-0.3, -0.25) is 14.3 Å². The summed E-state index contributed by atoms with van der Waals surface area (Å²) in [5.41, 5.74) is 5.51. The first-order chi connectivity index (χ1) is 12.4. The van der Waals surface area contributed by atoms with Gasteiger partial charge in [0.15, 0.2) is 11.2 Å². The van der Waals surface area contributed by atoms with Crippen LogP contribution in [0.15, 0.2) is 11.1 Å². The maximum Gasteiger partial charge on any atom is 0.353 e. The molecular weight excluding hydrogens is 369 g/mol. The summed E-state index contributed by atoms with van der Waals surface area (Å²) in [5.74, 6) is -0.0418. The van der Waals surface area contributed by atoms with Crippen LogP contribution in [0.4, 0.5) is 5.95 Å². The molecule has 2 rings (SSSR count). The lowest BCUT2D eigenvalue weighted by molar-refractivity contribution is 0.00172. The SMILES string of the molecule is COCCOP(=O)(O)CO[C@H](COC)Cn1cnc2c(=O)[nH]c(N)nc21. The normalized spacial score (nSPS) is 15.2. The van der Waals surface area contributed by atoms with Crippen LogP contribution in [-0.4, -0.2) is 70.9 Å². The monoisotopic (exact) mass is 391 g/mol. The number of ether oxygens (including phenoxy) is 3. The third-order valence-corrected chi connectivity index (χ3v) is 4.36. The molecule has 0 aliphatic carbocycles. The van der Waals surface area contributed by atoms with E-state index in [0.29, 0.717) is 0 Å². The molecule has 0 spiro atoms. The van der Waals surface area contributed by atoms with Crippen molar-refractivity contribution >= 4 is 24.7 Å².